The van der Waals surface area contributed by atoms with E-state index in [-0.39, 0.29) is 0 Å². The number of aryl methyl sites for hydroxylation is 1. The molecule has 0 aromatic heterocycles. The molecular weight excluding hydrogens is 260 g/mol. The molecule has 1 aromatic carbocycles. The highest BCUT2D eigenvalue weighted by Crippen LogP contribution is 2.12. The first kappa shape index (κ1) is 16.3. The van der Waals surface area contributed by atoms with Gasteiger partial charge in [-0.15, -0.1) is 0 Å². The second-order valence-electron chi connectivity index (χ2n) is 6.11. The Bertz CT molecular complexity index is 385. The molecule has 0 spiro atoms. The number of hydrogen-bond acceptors (Lipinski definition) is 3. The largest absolute Gasteiger partial charge is 0.492 e. The fourth-order valence-electron chi connectivity index (χ4n) is 2.83. The van der Waals surface area contributed by atoms with Crippen molar-refractivity contribution in [3.8, 4) is 5.75 Å². The summed E-state index contributed by atoms with van der Waals surface area (Å²) < 4.78 is 5.87. The Hall–Kier alpha value is -1.06. The lowest BCUT2D eigenvalue weighted by atomic mass is 10.2. The van der Waals surface area contributed by atoms with Crippen molar-refractivity contribution in [3.63, 3.8) is 0 Å². The molecule has 0 aliphatic carbocycles. The lowest BCUT2D eigenvalue weighted by Gasteiger charge is -2.25. The third-order valence-corrected chi connectivity index (χ3v) is 4.17. The maximum Gasteiger partial charge on any atom is 0.119 e. The minimum absolute atomic E-state index is 0.682. The van der Waals surface area contributed by atoms with Crippen LogP contribution in [0.2, 0.25) is 0 Å². The van der Waals surface area contributed by atoms with Crippen LogP contribution in [0.25, 0.3) is 0 Å². The summed E-state index contributed by atoms with van der Waals surface area (Å²) >= 11 is 0. The van der Waals surface area contributed by atoms with Crippen LogP contribution in [-0.2, 0) is 0 Å². The Morgan fingerprint density at radius 3 is 2.71 bits per heavy atom. The molecule has 1 aromatic rings. The maximum absolute atomic E-state index is 5.87. The van der Waals surface area contributed by atoms with Gasteiger partial charge in [0.05, 0.1) is 0 Å². The van der Waals surface area contributed by atoms with E-state index >= 15 is 0 Å². The van der Waals surface area contributed by atoms with Crippen LogP contribution < -0.4 is 10.1 Å². The summed E-state index contributed by atoms with van der Waals surface area (Å²) in [7, 11) is 0. The van der Waals surface area contributed by atoms with Gasteiger partial charge < -0.3 is 10.1 Å². The molecule has 1 atom stereocenters. The smallest absolute Gasteiger partial charge is 0.119 e. The summed E-state index contributed by atoms with van der Waals surface area (Å²) in [4.78, 5) is 2.56. The molecule has 3 nitrogen and oxygen atoms in total. The van der Waals surface area contributed by atoms with Crippen LogP contribution in [0.3, 0.4) is 0 Å². The van der Waals surface area contributed by atoms with E-state index in [9.17, 15) is 0 Å². The second kappa shape index (κ2) is 9.06. The Balaban J connectivity index is 1.73. The number of nitrogens with zero attached hydrogens (tertiary/aromatic N) is 1. The highest BCUT2D eigenvalue weighted by atomic mass is 16.5. The first-order valence-electron chi connectivity index (χ1n) is 8.43. The van der Waals surface area contributed by atoms with E-state index in [1.165, 1.54) is 44.3 Å². The highest BCUT2D eigenvalue weighted by molar-refractivity contribution is 5.26. The summed E-state index contributed by atoms with van der Waals surface area (Å²) in [5.74, 6) is 0.982. The van der Waals surface area contributed by atoms with Crippen molar-refractivity contribution >= 4 is 0 Å². The number of hydrogen-bond donors (Lipinski definition) is 1. The van der Waals surface area contributed by atoms with E-state index in [1.54, 1.807) is 0 Å². The van der Waals surface area contributed by atoms with Gasteiger partial charge in [0.25, 0.3) is 0 Å². The molecule has 21 heavy (non-hydrogen) atoms. The molecule has 0 amide bonds. The van der Waals surface area contributed by atoms with Crippen LogP contribution in [0.1, 0.15) is 38.2 Å². The van der Waals surface area contributed by atoms with Gasteiger partial charge in [-0.25, -0.2) is 0 Å². The van der Waals surface area contributed by atoms with E-state index in [2.05, 4.69) is 48.3 Å². The average Bonchev–Trinajstić information content (AvgIpc) is 2.99. The Kier molecular flexibility index (Phi) is 7.04. The van der Waals surface area contributed by atoms with Gasteiger partial charge in [0.2, 0.25) is 0 Å². The molecule has 0 radical (unpaired) electrons. The van der Waals surface area contributed by atoms with Gasteiger partial charge in [0, 0.05) is 19.1 Å². The molecule has 1 fully saturated rings. The van der Waals surface area contributed by atoms with Crippen molar-refractivity contribution in [1.82, 2.24) is 10.2 Å². The zero-order valence-electron chi connectivity index (χ0n) is 13.6. The molecule has 1 N–H and O–H groups in total. The molecule has 2 rings (SSSR count). The van der Waals surface area contributed by atoms with Crippen LogP contribution in [0.5, 0.6) is 5.75 Å². The zero-order chi connectivity index (χ0) is 14.9. The molecule has 3 heteroatoms. The molecular formula is C18H30N2O. The summed E-state index contributed by atoms with van der Waals surface area (Å²) in [6.07, 6.45) is 5.18. The normalized spacial score (nSPS) is 18.3. The number of ether oxygens (including phenoxy) is 1. The van der Waals surface area contributed by atoms with Crippen molar-refractivity contribution < 1.29 is 4.74 Å². The first-order chi connectivity index (χ1) is 10.3. The maximum atomic E-state index is 5.87. The Labute approximate surface area is 129 Å². The van der Waals surface area contributed by atoms with E-state index in [0.717, 1.165) is 25.4 Å². The summed E-state index contributed by atoms with van der Waals surface area (Å²) in [5.41, 5.74) is 1.28. The Morgan fingerprint density at radius 1 is 1.24 bits per heavy atom. The lowest BCUT2D eigenvalue weighted by Crippen LogP contribution is -2.40. The number of rotatable bonds is 9. The molecule has 0 saturated carbocycles. The van der Waals surface area contributed by atoms with Crippen LogP contribution in [0, 0.1) is 6.92 Å². The predicted octanol–water partition coefficient (Wildman–Crippen LogP) is 3.23. The third-order valence-electron chi connectivity index (χ3n) is 4.17. The molecule has 1 aliphatic heterocycles. The number of benzene rings is 1. The van der Waals surface area contributed by atoms with Gasteiger partial charge in [0.15, 0.2) is 0 Å². The van der Waals surface area contributed by atoms with Gasteiger partial charge in [0.1, 0.15) is 12.4 Å². The van der Waals surface area contributed by atoms with Gasteiger partial charge in [-0.1, -0.05) is 31.0 Å². The minimum atomic E-state index is 0.682. The van der Waals surface area contributed by atoms with Gasteiger partial charge >= 0.3 is 0 Å². The number of unbranched alkanes of at least 4 members (excludes halogenated alkanes) is 1. The molecule has 1 saturated heterocycles. The number of nitrogens with one attached hydrogen (secondary N) is 1. The van der Waals surface area contributed by atoms with Crippen LogP contribution >= 0.6 is 0 Å². The van der Waals surface area contributed by atoms with E-state index in [1.807, 2.05) is 0 Å². The molecule has 118 valence electrons. The SMILES string of the molecule is CCCCN(CCOc1ccc(C)cc1)CC1CCCN1. The Morgan fingerprint density at radius 2 is 2.05 bits per heavy atom. The molecule has 1 heterocycles. The summed E-state index contributed by atoms with van der Waals surface area (Å²) in [6, 6.07) is 9.01. The second-order valence-corrected chi connectivity index (χ2v) is 6.11. The fraction of sp³-hybridized carbons (Fsp3) is 0.667. The van der Waals surface area contributed by atoms with Crippen molar-refractivity contribution in [2.45, 2.75) is 45.6 Å². The minimum Gasteiger partial charge on any atom is -0.492 e. The van der Waals surface area contributed by atoms with Crippen LogP contribution in [0.4, 0.5) is 0 Å². The van der Waals surface area contributed by atoms with E-state index in [0.29, 0.717) is 6.04 Å². The summed E-state index contributed by atoms with van der Waals surface area (Å²) in [6.45, 7) is 9.70. The van der Waals surface area contributed by atoms with Gasteiger partial charge in [-0.2, -0.15) is 0 Å². The quantitative estimate of drug-likeness (QED) is 0.755. The summed E-state index contributed by atoms with van der Waals surface area (Å²) in [5, 5.41) is 3.60. The van der Waals surface area contributed by atoms with Crippen molar-refractivity contribution in [2.75, 3.05) is 32.8 Å². The van der Waals surface area contributed by atoms with Crippen molar-refractivity contribution in [3.05, 3.63) is 29.8 Å². The van der Waals surface area contributed by atoms with E-state index < -0.39 is 0 Å². The standard InChI is InChI=1S/C18H30N2O/c1-3-4-12-20(15-17-6-5-11-19-17)13-14-21-18-9-7-16(2)8-10-18/h7-10,17,19H,3-6,11-15H2,1-2H3. The highest BCUT2D eigenvalue weighted by Gasteiger charge is 2.17. The molecule has 1 unspecified atom stereocenters. The first-order valence-corrected chi connectivity index (χ1v) is 8.43. The van der Waals surface area contributed by atoms with E-state index in [4.69, 9.17) is 4.74 Å². The molecule has 0 bridgehead atoms. The molecule has 1 aliphatic rings. The van der Waals surface area contributed by atoms with Crippen LogP contribution in [-0.4, -0.2) is 43.7 Å². The van der Waals surface area contributed by atoms with Crippen molar-refractivity contribution in [2.24, 2.45) is 0 Å². The van der Waals surface area contributed by atoms with Crippen molar-refractivity contribution in [1.29, 1.82) is 0 Å². The third kappa shape index (κ3) is 6.06. The zero-order valence-corrected chi connectivity index (χ0v) is 13.6. The predicted molar refractivity (Wildman–Crippen MR) is 89.0 cm³/mol. The topological polar surface area (TPSA) is 24.5 Å². The van der Waals surface area contributed by atoms with Gasteiger partial charge in [-0.3, -0.25) is 4.90 Å². The lowest BCUT2D eigenvalue weighted by molar-refractivity contribution is 0.194. The van der Waals surface area contributed by atoms with Gasteiger partial charge in [-0.05, 0) is 51.4 Å². The fourth-order valence-corrected chi connectivity index (χ4v) is 2.83. The monoisotopic (exact) mass is 290 g/mol. The van der Waals surface area contributed by atoms with Crippen LogP contribution in [0.15, 0.2) is 24.3 Å². The average molecular weight is 290 g/mol.